The third-order valence-electron chi connectivity index (χ3n) is 3.57. The third kappa shape index (κ3) is 5.02. The molecule has 0 saturated heterocycles. The SMILES string of the molecule is Cc1ccc(NC(=O)/C=N/OC(=O)C2CCCCC2)cc1. The lowest BCUT2D eigenvalue weighted by atomic mass is 9.89. The van der Waals surface area contributed by atoms with E-state index in [0.29, 0.717) is 5.69 Å². The number of hydrogen-bond acceptors (Lipinski definition) is 4. The molecular formula is C16H20N2O3. The molecule has 2 rings (SSSR count). The lowest BCUT2D eigenvalue weighted by molar-refractivity contribution is -0.149. The van der Waals surface area contributed by atoms with Crippen molar-refractivity contribution in [2.24, 2.45) is 11.1 Å². The van der Waals surface area contributed by atoms with E-state index < -0.39 is 5.91 Å². The fourth-order valence-electron chi connectivity index (χ4n) is 2.35. The molecule has 0 atom stereocenters. The second kappa shape index (κ2) is 7.57. The fraction of sp³-hybridized carbons (Fsp3) is 0.438. The first-order valence-corrected chi connectivity index (χ1v) is 7.27. The number of benzene rings is 1. The highest BCUT2D eigenvalue weighted by Gasteiger charge is 2.22. The van der Waals surface area contributed by atoms with Crippen molar-refractivity contribution < 1.29 is 14.4 Å². The average molecular weight is 288 g/mol. The van der Waals surface area contributed by atoms with E-state index in [-0.39, 0.29) is 11.9 Å². The standard InChI is InChI=1S/C16H20N2O3/c1-12-7-9-14(10-8-12)18-15(19)11-17-21-16(20)13-5-3-2-4-6-13/h7-11,13H,2-6H2,1H3,(H,18,19)/b17-11+. The normalized spacial score (nSPS) is 15.9. The molecular weight excluding hydrogens is 268 g/mol. The van der Waals surface area contributed by atoms with Crippen LogP contribution in [0.25, 0.3) is 0 Å². The second-order valence-corrected chi connectivity index (χ2v) is 5.34. The molecule has 1 aromatic rings. The number of hydrogen-bond donors (Lipinski definition) is 1. The molecule has 0 spiro atoms. The van der Waals surface area contributed by atoms with Crippen LogP contribution in [0.3, 0.4) is 0 Å². The van der Waals surface area contributed by atoms with Gasteiger partial charge in [0.25, 0.3) is 5.91 Å². The van der Waals surface area contributed by atoms with Gasteiger partial charge in [0.05, 0.1) is 5.92 Å². The van der Waals surface area contributed by atoms with Crippen molar-refractivity contribution in [3.8, 4) is 0 Å². The van der Waals surface area contributed by atoms with E-state index >= 15 is 0 Å². The number of aryl methyl sites for hydroxylation is 1. The molecule has 112 valence electrons. The Morgan fingerprint density at radius 3 is 2.52 bits per heavy atom. The summed E-state index contributed by atoms with van der Waals surface area (Å²) in [5.74, 6) is -0.833. The summed E-state index contributed by atoms with van der Waals surface area (Å²) in [6.45, 7) is 1.97. The molecule has 1 fully saturated rings. The lowest BCUT2D eigenvalue weighted by Crippen LogP contribution is -2.19. The van der Waals surface area contributed by atoms with Gasteiger partial charge in [-0.25, -0.2) is 4.79 Å². The summed E-state index contributed by atoms with van der Waals surface area (Å²) >= 11 is 0. The van der Waals surface area contributed by atoms with E-state index in [1.54, 1.807) is 12.1 Å². The Labute approximate surface area is 124 Å². The zero-order valence-corrected chi connectivity index (χ0v) is 12.2. The summed E-state index contributed by atoms with van der Waals surface area (Å²) in [6, 6.07) is 7.40. The van der Waals surface area contributed by atoms with Crippen molar-refractivity contribution in [1.29, 1.82) is 0 Å². The highest BCUT2D eigenvalue weighted by Crippen LogP contribution is 2.24. The Bertz CT molecular complexity index is 517. The molecule has 0 heterocycles. The van der Waals surface area contributed by atoms with Crippen LogP contribution in [0.4, 0.5) is 5.69 Å². The van der Waals surface area contributed by atoms with Gasteiger partial charge in [-0.1, -0.05) is 42.1 Å². The minimum atomic E-state index is -0.421. The maximum Gasteiger partial charge on any atom is 0.338 e. The smallest absolute Gasteiger partial charge is 0.321 e. The number of rotatable bonds is 4. The molecule has 1 aromatic carbocycles. The van der Waals surface area contributed by atoms with Gasteiger partial charge in [-0.2, -0.15) is 0 Å². The molecule has 5 nitrogen and oxygen atoms in total. The van der Waals surface area contributed by atoms with E-state index in [2.05, 4.69) is 10.5 Å². The zero-order valence-electron chi connectivity index (χ0n) is 12.2. The Morgan fingerprint density at radius 2 is 1.86 bits per heavy atom. The molecule has 1 aliphatic carbocycles. The first kappa shape index (κ1) is 15.2. The maximum absolute atomic E-state index is 11.7. The van der Waals surface area contributed by atoms with Gasteiger partial charge in [-0.15, -0.1) is 0 Å². The van der Waals surface area contributed by atoms with Crippen molar-refractivity contribution in [3.05, 3.63) is 29.8 Å². The first-order chi connectivity index (χ1) is 10.1. The molecule has 1 saturated carbocycles. The molecule has 1 N–H and O–H groups in total. The van der Waals surface area contributed by atoms with Gasteiger partial charge in [0.2, 0.25) is 0 Å². The summed E-state index contributed by atoms with van der Waals surface area (Å²) in [7, 11) is 0. The van der Waals surface area contributed by atoms with Gasteiger partial charge in [0, 0.05) is 5.69 Å². The Kier molecular flexibility index (Phi) is 5.49. The highest BCUT2D eigenvalue weighted by atomic mass is 16.7. The second-order valence-electron chi connectivity index (χ2n) is 5.34. The van der Waals surface area contributed by atoms with E-state index in [1.165, 1.54) is 6.42 Å². The van der Waals surface area contributed by atoms with Gasteiger partial charge in [0.1, 0.15) is 6.21 Å². The van der Waals surface area contributed by atoms with Gasteiger partial charge >= 0.3 is 5.97 Å². The lowest BCUT2D eigenvalue weighted by Gasteiger charge is -2.17. The van der Waals surface area contributed by atoms with Crippen LogP contribution >= 0.6 is 0 Å². The van der Waals surface area contributed by atoms with E-state index in [4.69, 9.17) is 4.84 Å². The molecule has 0 aromatic heterocycles. The zero-order chi connectivity index (χ0) is 15.1. The third-order valence-corrected chi connectivity index (χ3v) is 3.57. The van der Waals surface area contributed by atoms with Gasteiger partial charge in [0.15, 0.2) is 0 Å². The Morgan fingerprint density at radius 1 is 1.19 bits per heavy atom. The molecule has 5 heteroatoms. The number of oxime groups is 1. The first-order valence-electron chi connectivity index (χ1n) is 7.27. The maximum atomic E-state index is 11.7. The van der Waals surface area contributed by atoms with Crippen LogP contribution in [0.1, 0.15) is 37.7 Å². The highest BCUT2D eigenvalue weighted by molar-refractivity contribution is 6.31. The van der Waals surface area contributed by atoms with Crippen LogP contribution in [0, 0.1) is 12.8 Å². The van der Waals surface area contributed by atoms with Gasteiger partial charge in [-0.05, 0) is 31.9 Å². The van der Waals surface area contributed by atoms with Crippen LogP contribution in [0.2, 0.25) is 0 Å². The summed E-state index contributed by atoms with van der Waals surface area (Å²) < 4.78 is 0. The largest absolute Gasteiger partial charge is 0.338 e. The van der Waals surface area contributed by atoms with Crippen molar-refractivity contribution in [2.75, 3.05) is 5.32 Å². The van der Waals surface area contributed by atoms with E-state index in [0.717, 1.165) is 37.5 Å². The van der Waals surface area contributed by atoms with Crippen LogP contribution in [-0.2, 0) is 14.4 Å². The van der Waals surface area contributed by atoms with Crippen molar-refractivity contribution in [1.82, 2.24) is 0 Å². The molecule has 1 amide bonds. The number of amides is 1. The monoisotopic (exact) mass is 288 g/mol. The molecule has 0 unspecified atom stereocenters. The van der Waals surface area contributed by atoms with Crippen molar-refractivity contribution >= 4 is 23.8 Å². The summed E-state index contributed by atoms with van der Waals surface area (Å²) in [5.41, 5.74) is 1.79. The Hall–Kier alpha value is -2.17. The van der Waals surface area contributed by atoms with E-state index in [9.17, 15) is 9.59 Å². The number of nitrogens with zero attached hydrogens (tertiary/aromatic N) is 1. The molecule has 21 heavy (non-hydrogen) atoms. The number of nitrogens with one attached hydrogen (secondary N) is 1. The summed E-state index contributed by atoms with van der Waals surface area (Å²) in [4.78, 5) is 28.1. The van der Waals surface area contributed by atoms with Crippen LogP contribution < -0.4 is 5.32 Å². The van der Waals surface area contributed by atoms with E-state index in [1.807, 2.05) is 19.1 Å². The van der Waals surface area contributed by atoms with Crippen LogP contribution in [-0.4, -0.2) is 18.1 Å². The minimum absolute atomic E-state index is 0.0731. The van der Waals surface area contributed by atoms with Crippen LogP contribution in [0.5, 0.6) is 0 Å². The topological polar surface area (TPSA) is 67.8 Å². The Balaban J connectivity index is 1.76. The number of carbonyl (C=O) groups is 2. The number of carbonyl (C=O) groups excluding carboxylic acids is 2. The van der Waals surface area contributed by atoms with Crippen LogP contribution in [0.15, 0.2) is 29.4 Å². The predicted molar refractivity (Wildman–Crippen MR) is 81.0 cm³/mol. The molecule has 0 radical (unpaired) electrons. The predicted octanol–water partition coefficient (Wildman–Crippen LogP) is 3.04. The summed E-state index contributed by atoms with van der Waals surface area (Å²) in [5, 5.41) is 6.12. The number of anilines is 1. The summed E-state index contributed by atoms with van der Waals surface area (Å²) in [6.07, 6.45) is 5.97. The van der Waals surface area contributed by atoms with Gasteiger partial charge < -0.3 is 10.2 Å². The molecule has 0 bridgehead atoms. The molecule has 1 aliphatic rings. The minimum Gasteiger partial charge on any atom is -0.321 e. The van der Waals surface area contributed by atoms with Crippen molar-refractivity contribution in [3.63, 3.8) is 0 Å². The average Bonchev–Trinajstić information content (AvgIpc) is 2.50. The van der Waals surface area contributed by atoms with Crippen molar-refractivity contribution in [2.45, 2.75) is 39.0 Å². The quantitative estimate of drug-likeness (QED) is 0.526. The molecule has 0 aliphatic heterocycles. The van der Waals surface area contributed by atoms with Gasteiger partial charge in [-0.3, -0.25) is 4.79 Å². The fourth-order valence-corrected chi connectivity index (χ4v) is 2.35.